The number of benzene rings is 1. The van der Waals surface area contributed by atoms with E-state index in [2.05, 4.69) is 32.9 Å². The topological polar surface area (TPSA) is 34.2 Å². The summed E-state index contributed by atoms with van der Waals surface area (Å²) >= 11 is 2.15. The molecule has 0 aliphatic carbocycles. The highest BCUT2D eigenvalue weighted by Crippen LogP contribution is 2.26. The second-order valence-corrected chi connectivity index (χ2v) is 4.66. The van der Waals surface area contributed by atoms with Gasteiger partial charge >= 0.3 is 0 Å². The van der Waals surface area contributed by atoms with Gasteiger partial charge in [0, 0.05) is 16.7 Å². The van der Waals surface area contributed by atoms with Crippen LogP contribution in [0.25, 0.3) is 0 Å². The van der Waals surface area contributed by atoms with Crippen LogP contribution in [0.4, 0.5) is 14.6 Å². The standard InChI is InChI=1S/C12H9F2IN2O/c1-16-11-9(13)6-10(14)12(17-11)18-8-4-2-7(15)3-5-8/h2-6H,1H3,(H,16,17). The first-order valence-corrected chi connectivity index (χ1v) is 6.15. The zero-order valence-corrected chi connectivity index (χ0v) is 11.5. The van der Waals surface area contributed by atoms with Gasteiger partial charge in [-0.05, 0) is 46.9 Å². The Kier molecular flexibility index (Phi) is 3.95. The molecule has 0 saturated heterocycles. The van der Waals surface area contributed by atoms with Gasteiger partial charge in [0.1, 0.15) is 5.75 Å². The Hall–Kier alpha value is -1.44. The van der Waals surface area contributed by atoms with Crippen molar-refractivity contribution in [2.75, 3.05) is 12.4 Å². The number of anilines is 1. The van der Waals surface area contributed by atoms with Crippen molar-refractivity contribution in [1.82, 2.24) is 4.98 Å². The Morgan fingerprint density at radius 2 is 1.83 bits per heavy atom. The van der Waals surface area contributed by atoms with Gasteiger partial charge in [-0.1, -0.05) is 0 Å². The number of hydrogen-bond acceptors (Lipinski definition) is 3. The van der Waals surface area contributed by atoms with Crippen molar-refractivity contribution in [1.29, 1.82) is 0 Å². The molecule has 6 heteroatoms. The summed E-state index contributed by atoms with van der Waals surface area (Å²) in [6, 6.07) is 7.74. The Morgan fingerprint density at radius 1 is 1.17 bits per heavy atom. The quantitative estimate of drug-likeness (QED) is 0.844. The zero-order valence-electron chi connectivity index (χ0n) is 9.38. The maximum Gasteiger partial charge on any atom is 0.258 e. The molecule has 0 unspecified atom stereocenters. The molecule has 3 nitrogen and oxygen atoms in total. The molecule has 1 N–H and O–H groups in total. The SMILES string of the molecule is CNc1nc(Oc2ccc(I)cc2)c(F)cc1F. The van der Waals surface area contributed by atoms with Gasteiger partial charge in [0.2, 0.25) is 0 Å². The third-order valence-electron chi connectivity index (χ3n) is 2.16. The third kappa shape index (κ3) is 2.87. The normalized spacial score (nSPS) is 10.2. The maximum atomic E-state index is 13.5. The minimum Gasteiger partial charge on any atom is -0.436 e. The molecule has 1 aromatic heterocycles. The smallest absolute Gasteiger partial charge is 0.258 e. The molecule has 0 radical (unpaired) electrons. The Morgan fingerprint density at radius 3 is 2.44 bits per heavy atom. The summed E-state index contributed by atoms with van der Waals surface area (Å²) < 4.78 is 33.0. The lowest BCUT2D eigenvalue weighted by Crippen LogP contribution is -2.00. The lowest BCUT2D eigenvalue weighted by Gasteiger charge is -2.08. The fourth-order valence-corrected chi connectivity index (χ4v) is 1.67. The average Bonchev–Trinajstić information content (AvgIpc) is 2.35. The van der Waals surface area contributed by atoms with E-state index in [1.807, 2.05) is 12.1 Å². The van der Waals surface area contributed by atoms with Crippen molar-refractivity contribution in [3.05, 3.63) is 45.5 Å². The molecule has 2 rings (SSSR count). The lowest BCUT2D eigenvalue weighted by molar-refractivity contribution is 0.418. The van der Waals surface area contributed by atoms with Crippen LogP contribution in [0, 0.1) is 15.2 Å². The molecule has 1 aromatic carbocycles. The second-order valence-electron chi connectivity index (χ2n) is 3.41. The van der Waals surface area contributed by atoms with E-state index in [1.165, 1.54) is 7.05 Å². The van der Waals surface area contributed by atoms with Crippen LogP contribution in [-0.2, 0) is 0 Å². The van der Waals surface area contributed by atoms with Crippen molar-refractivity contribution < 1.29 is 13.5 Å². The van der Waals surface area contributed by atoms with Crippen LogP contribution < -0.4 is 10.1 Å². The van der Waals surface area contributed by atoms with Gasteiger partial charge in [0.15, 0.2) is 17.5 Å². The molecule has 0 atom stereocenters. The van der Waals surface area contributed by atoms with Crippen molar-refractivity contribution >= 4 is 28.4 Å². The molecular formula is C12H9F2IN2O. The van der Waals surface area contributed by atoms with Crippen LogP contribution in [0.1, 0.15) is 0 Å². The zero-order chi connectivity index (χ0) is 13.1. The summed E-state index contributed by atoms with van der Waals surface area (Å²) in [6.45, 7) is 0. The van der Waals surface area contributed by atoms with Gasteiger partial charge in [-0.15, -0.1) is 0 Å². The van der Waals surface area contributed by atoms with E-state index in [1.54, 1.807) is 12.1 Å². The molecule has 0 aliphatic heterocycles. The molecule has 0 spiro atoms. The molecule has 0 fully saturated rings. The highest BCUT2D eigenvalue weighted by Gasteiger charge is 2.12. The molecule has 2 aromatic rings. The molecule has 0 saturated carbocycles. The van der Waals surface area contributed by atoms with Crippen molar-refractivity contribution in [3.63, 3.8) is 0 Å². The number of hydrogen-bond donors (Lipinski definition) is 1. The highest BCUT2D eigenvalue weighted by atomic mass is 127. The molecule has 94 valence electrons. The fourth-order valence-electron chi connectivity index (χ4n) is 1.31. The summed E-state index contributed by atoms with van der Waals surface area (Å²) in [4.78, 5) is 3.72. The van der Waals surface area contributed by atoms with Crippen LogP contribution in [0.3, 0.4) is 0 Å². The average molecular weight is 362 g/mol. The first-order valence-electron chi connectivity index (χ1n) is 5.07. The number of ether oxygens (including phenoxy) is 1. The predicted octanol–water partition coefficient (Wildman–Crippen LogP) is 3.80. The Labute approximate surface area is 116 Å². The first kappa shape index (κ1) is 13.0. The fraction of sp³-hybridized carbons (Fsp3) is 0.0833. The van der Waals surface area contributed by atoms with Crippen LogP contribution in [-0.4, -0.2) is 12.0 Å². The van der Waals surface area contributed by atoms with Crippen molar-refractivity contribution in [2.45, 2.75) is 0 Å². The van der Waals surface area contributed by atoms with Crippen LogP contribution in [0.15, 0.2) is 30.3 Å². The number of nitrogens with one attached hydrogen (secondary N) is 1. The van der Waals surface area contributed by atoms with Gasteiger partial charge in [0.25, 0.3) is 5.88 Å². The number of pyridine rings is 1. The number of halogens is 3. The Bertz CT molecular complexity index is 561. The monoisotopic (exact) mass is 362 g/mol. The van der Waals surface area contributed by atoms with Crippen molar-refractivity contribution in [3.8, 4) is 11.6 Å². The van der Waals surface area contributed by atoms with Gasteiger partial charge in [-0.2, -0.15) is 4.98 Å². The molecule has 0 amide bonds. The summed E-state index contributed by atoms with van der Waals surface area (Å²) in [5.74, 6) is -1.48. The molecule has 0 bridgehead atoms. The van der Waals surface area contributed by atoms with Crippen LogP contribution in [0.5, 0.6) is 11.6 Å². The maximum absolute atomic E-state index is 13.5. The minimum atomic E-state index is -0.843. The van der Waals surface area contributed by atoms with Gasteiger partial charge in [-0.3, -0.25) is 0 Å². The number of nitrogens with zero attached hydrogens (tertiary/aromatic N) is 1. The molecule has 0 aliphatic rings. The molecule has 18 heavy (non-hydrogen) atoms. The molecule has 1 heterocycles. The third-order valence-corrected chi connectivity index (χ3v) is 2.88. The summed E-state index contributed by atoms with van der Waals surface area (Å²) in [6.07, 6.45) is 0. The molecular weight excluding hydrogens is 353 g/mol. The first-order chi connectivity index (χ1) is 8.60. The minimum absolute atomic E-state index is 0.0584. The van der Waals surface area contributed by atoms with E-state index in [0.717, 1.165) is 9.64 Å². The van der Waals surface area contributed by atoms with Crippen LogP contribution in [0.2, 0.25) is 0 Å². The van der Waals surface area contributed by atoms with E-state index in [-0.39, 0.29) is 11.7 Å². The van der Waals surface area contributed by atoms with E-state index in [9.17, 15) is 8.78 Å². The van der Waals surface area contributed by atoms with Gasteiger partial charge in [-0.25, -0.2) is 8.78 Å². The van der Waals surface area contributed by atoms with Crippen LogP contribution >= 0.6 is 22.6 Å². The second kappa shape index (κ2) is 5.47. The number of rotatable bonds is 3. The largest absolute Gasteiger partial charge is 0.436 e. The van der Waals surface area contributed by atoms with Gasteiger partial charge < -0.3 is 10.1 Å². The predicted molar refractivity (Wildman–Crippen MR) is 72.9 cm³/mol. The highest BCUT2D eigenvalue weighted by molar-refractivity contribution is 14.1. The van der Waals surface area contributed by atoms with E-state index in [0.29, 0.717) is 5.75 Å². The van der Waals surface area contributed by atoms with E-state index >= 15 is 0 Å². The lowest BCUT2D eigenvalue weighted by atomic mass is 10.3. The number of aromatic nitrogens is 1. The van der Waals surface area contributed by atoms with Crippen molar-refractivity contribution in [2.24, 2.45) is 0 Å². The summed E-state index contributed by atoms with van der Waals surface area (Å²) in [5.41, 5.74) is 0. The summed E-state index contributed by atoms with van der Waals surface area (Å²) in [5, 5.41) is 2.52. The van der Waals surface area contributed by atoms with Gasteiger partial charge in [0.05, 0.1) is 0 Å². The summed E-state index contributed by atoms with van der Waals surface area (Å²) in [7, 11) is 1.50. The Balaban J connectivity index is 2.31. The van der Waals surface area contributed by atoms with E-state index < -0.39 is 11.6 Å². The van der Waals surface area contributed by atoms with E-state index in [4.69, 9.17) is 4.74 Å².